The molecule has 0 saturated heterocycles. The zero-order valence-electron chi connectivity index (χ0n) is 21.2. The highest BCUT2D eigenvalue weighted by Gasteiger charge is 2.20. The van der Waals surface area contributed by atoms with Gasteiger partial charge in [0, 0.05) is 28.3 Å². The molecular formula is C29H30BrN5O2. The van der Waals surface area contributed by atoms with E-state index < -0.39 is 0 Å². The fourth-order valence-corrected chi connectivity index (χ4v) is 4.49. The molecule has 0 saturated carbocycles. The lowest BCUT2D eigenvalue weighted by Crippen LogP contribution is -2.41. The van der Waals surface area contributed by atoms with E-state index >= 15 is 0 Å². The topological polar surface area (TPSA) is 79.3 Å². The fourth-order valence-electron chi connectivity index (χ4n) is 4.09. The van der Waals surface area contributed by atoms with E-state index in [1.54, 1.807) is 10.7 Å². The van der Waals surface area contributed by atoms with Gasteiger partial charge >= 0.3 is 6.03 Å². The maximum Gasteiger partial charge on any atom is 0.322 e. The number of aryl methyl sites for hydroxylation is 2. The second kappa shape index (κ2) is 11.9. The Labute approximate surface area is 225 Å². The van der Waals surface area contributed by atoms with Crippen molar-refractivity contribution in [1.82, 2.24) is 14.7 Å². The lowest BCUT2D eigenvalue weighted by molar-refractivity contribution is -0.116. The van der Waals surface area contributed by atoms with Gasteiger partial charge in [-0.2, -0.15) is 5.10 Å². The van der Waals surface area contributed by atoms with Crippen LogP contribution < -0.4 is 10.6 Å². The zero-order chi connectivity index (χ0) is 26.4. The molecule has 0 fully saturated rings. The number of rotatable bonds is 8. The van der Waals surface area contributed by atoms with E-state index in [4.69, 9.17) is 5.10 Å². The molecular weight excluding hydrogens is 530 g/mol. The van der Waals surface area contributed by atoms with Crippen LogP contribution in [0, 0.1) is 13.8 Å². The standard InChI is InChI=1S/C29H30BrN5O2/c1-4-15-34(29(37)31-24-12-8-11-23(30)17-24)19-28(36)32-27-18-25(22-9-6-5-7-10-22)33-35(27)26-14-13-20(2)16-21(26)3/h5-14,16-18H,4,15,19H2,1-3H3,(H,31,37)(H,32,36). The van der Waals surface area contributed by atoms with Crippen LogP contribution in [0.15, 0.2) is 83.3 Å². The van der Waals surface area contributed by atoms with Gasteiger partial charge in [0.25, 0.3) is 0 Å². The number of nitrogens with zero attached hydrogens (tertiary/aromatic N) is 3. The molecule has 3 amide bonds. The highest BCUT2D eigenvalue weighted by Crippen LogP contribution is 2.26. The van der Waals surface area contributed by atoms with E-state index in [9.17, 15) is 9.59 Å². The highest BCUT2D eigenvalue weighted by atomic mass is 79.9. The SMILES string of the molecule is CCCN(CC(=O)Nc1cc(-c2ccccc2)nn1-c1ccc(C)cc1C)C(=O)Nc1cccc(Br)c1. The number of halogens is 1. The second-order valence-electron chi connectivity index (χ2n) is 8.89. The largest absolute Gasteiger partial charge is 0.322 e. The smallest absolute Gasteiger partial charge is 0.315 e. The molecule has 190 valence electrons. The number of hydrogen-bond acceptors (Lipinski definition) is 3. The third kappa shape index (κ3) is 6.65. The van der Waals surface area contributed by atoms with Crippen LogP contribution in [0.3, 0.4) is 0 Å². The highest BCUT2D eigenvalue weighted by molar-refractivity contribution is 9.10. The molecule has 4 rings (SSSR count). The van der Waals surface area contributed by atoms with Gasteiger partial charge in [-0.05, 0) is 50.1 Å². The van der Waals surface area contributed by atoms with Crippen LogP contribution in [0.1, 0.15) is 24.5 Å². The van der Waals surface area contributed by atoms with Crippen molar-refractivity contribution in [2.75, 3.05) is 23.7 Å². The Kier molecular flexibility index (Phi) is 8.40. The van der Waals surface area contributed by atoms with Crippen LogP contribution in [-0.2, 0) is 4.79 Å². The van der Waals surface area contributed by atoms with Crippen molar-refractivity contribution in [2.45, 2.75) is 27.2 Å². The number of aromatic nitrogens is 2. The third-order valence-electron chi connectivity index (χ3n) is 5.82. The van der Waals surface area contributed by atoms with E-state index in [1.165, 1.54) is 4.90 Å². The van der Waals surface area contributed by atoms with Crippen LogP contribution in [0.4, 0.5) is 16.3 Å². The lowest BCUT2D eigenvalue weighted by Gasteiger charge is -2.22. The van der Waals surface area contributed by atoms with Gasteiger partial charge in [0.05, 0.1) is 11.4 Å². The van der Waals surface area contributed by atoms with Gasteiger partial charge in [-0.15, -0.1) is 0 Å². The van der Waals surface area contributed by atoms with Crippen LogP contribution in [0.25, 0.3) is 16.9 Å². The number of carbonyl (C=O) groups excluding carboxylic acids is 2. The number of anilines is 2. The molecule has 0 radical (unpaired) electrons. The molecule has 0 aliphatic rings. The van der Waals surface area contributed by atoms with E-state index in [0.717, 1.165) is 39.0 Å². The number of hydrogen-bond donors (Lipinski definition) is 2. The van der Waals surface area contributed by atoms with Crippen molar-refractivity contribution in [2.24, 2.45) is 0 Å². The number of benzene rings is 3. The second-order valence-corrected chi connectivity index (χ2v) is 9.81. The van der Waals surface area contributed by atoms with Crippen molar-refractivity contribution >= 4 is 39.4 Å². The predicted octanol–water partition coefficient (Wildman–Crippen LogP) is 6.80. The summed E-state index contributed by atoms with van der Waals surface area (Å²) in [5.41, 5.74) is 5.41. The Morgan fingerprint density at radius 2 is 1.73 bits per heavy atom. The molecule has 0 bridgehead atoms. The van der Waals surface area contributed by atoms with Crippen molar-refractivity contribution < 1.29 is 9.59 Å². The summed E-state index contributed by atoms with van der Waals surface area (Å²) in [5, 5.41) is 10.7. The molecule has 0 aliphatic heterocycles. The minimum absolute atomic E-state index is 0.0909. The minimum Gasteiger partial charge on any atom is -0.315 e. The quantitative estimate of drug-likeness (QED) is 0.249. The van der Waals surface area contributed by atoms with Crippen molar-refractivity contribution in [1.29, 1.82) is 0 Å². The summed E-state index contributed by atoms with van der Waals surface area (Å²) in [6.45, 7) is 6.39. The molecule has 0 unspecified atom stereocenters. The molecule has 0 atom stereocenters. The first-order valence-electron chi connectivity index (χ1n) is 12.2. The van der Waals surface area contributed by atoms with Crippen LogP contribution in [0.5, 0.6) is 0 Å². The lowest BCUT2D eigenvalue weighted by atomic mass is 10.1. The summed E-state index contributed by atoms with van der Waals surface area (Å²) >= 11 is 3.41. The molecule has 1 aromatic heterocycles. The third-order valence-corrected chi connectivity index (χ3v) is 6.31. The molecule has 0 spiro atoms. The zero-order valence-corrected chi connectivity index (χ0v) is 22.7. The van der Waals surface area contributed by atoms with E-state index in [0.29, 0.717) is 18.1 Å². The van der Waals surface area contributed by atoms with Gasteiger partial charge in [-0.1, -0.05) is 76.9 Å². The Morgan fingerprint density at radius 3 is 2.43 bits per heavy atom. The molecule has 7 nitrogen and oxygen atoms in total. The van der Waals surface area contributed by atoms with Crippen molar-refractivity contribution in [3.05, 3.63) is 94.5 Å². The van der Waals surface area contributed by atoms with Gasteiger partial charge in [0.1, 0.15) is 12.4 Å². The summed E-state index contributed by atoms with van der Waals surface area (Å²) in [6.07, 6.45) is 0.720. The van der Waals surface area contributed by atoms with Crippen molar-refractivity contribution in [3.63, 3.8) is 0 Å². The summed E-state index contributed by atoms with van der Waals surface area (Å²) < 4.78 is 2.61. The maximum absolute atomic E-state index is 13.2. The monoisotopic (exact) mass is 559 g/mol. The molecule has 0 aliphatic carbocycles. The predicted molar refractivity (Wildman–Crippen MR) is 152 cm³/mol. The maximum atomic E-state index is 13.2. The number of nitrogens with one attached hydrogen (secondary N) is 2. The van der Waals surface area contributed by atoms with Crippen molar-refractivity contribution in [3.8, 4) is 16.9 Å². The molecule has 2 N–H and O–H groups in total. The Morgan fingerprint density at radius 1 is 0.946 bits per heavy atom. The van der Waals surface area contributed by atoms with Crippen LogP contribution >= 0.6 is 15.9 Å². The molecule has 4 aromatic rings. The van der Waals surface area contributed by atoms with E-state index in [2.05, 4.69) is 32.6 Å². The first-order valence-corrected chi connectivity index (χ1v) is 13.0. The van der Waals surface area contributed by atoms with Gasteiger partial charge in [0.15, 0.2) is 0 Å². The summed E-state index contributed by atoms with van der Waals surface area (Å²) in [4.78, 5) is 27.7. The van der Waals surface area contributed by atoms with Gasteiger partial charge in [-0.25, -0.2) is 9.48 Å². The average Bonchev–Trinajstić information content (AvgIpc) is 3.27. The first-order chi connectivity index (χ1) is 17.8. The molecule has 8 heteroatoms. The fraction of sp³-hybridized carbons (Fsp3) is 0.207. The number of amides is 3. The van der Waals surface area contributed by atoms with Gasteiger partial charge in [-0.3, -0.25) is 4.79 Å². The average molecular weight is 560 g/mol. The Bertz CT molecular complexity index is 1400. The summed E-state index contributed by atoms with van der Waals surface area (Å²) in [7, 11) is 0. The van der Waals surface area contributed by atoms with Gasteiger partial charge < -0.3 is 15.5 Å². The molecule has 37 heavy (non-hydrogen) atoms. The Balaban J connectivity index is 1.58. The van der Waals surface area contributed by atoms with Crippen LogP contribution in [-0.4, -0.2) is 39.7 Å². The minimum atomic E-state index is -0.331. The van der Waals surface area contributed by atoms with Gasteiger partial charge in [0.2, 0.25) is 5.91 Å². The normalized spacial score (nSPS) is 10.7. The Hall–Kier alpha value is -3.91. The van der Waals surface area contributed by atoms with E-state index in [-0.39, 0.29) is 18.5 Å². The van der Waals surface area contributed by atoms with E-state index in [1.807, 2.05) is 87.5 Å². The first kappa shape index (κ1) is 26.2. The molecule has 3 aromatic carbocycles. The summed E-state index contributed by atoms with van der Waals surface area (Å²) in [5.74, 6) is 0.239. The van der Waals surface area contributed by atoms with Crippen LogP contribution in [0.2, 0.25) is 0 Å². The number of carbonyl (C=O) groups is 2. The number of urea groups is 1. The summed E-state index contributed by atoms with van der Waals surface area (Å²) in [6, 6.07) is 24.8. The molecule has 1 heterocycles.